The van der Waals surface area contributed by atoms with Gasteiger partial charge < -0.3 is 10.4 Å². The van der Waals surface area contributed by atoms with Gasteiger partial charge >= 0.3 is 5.97 Å². The molecule has 0 aliphatic heterocycles. The van der Waals surface area contributed by atoms with E-state index in [4.69, 9.17) is 0 Å². The number of carbonyl (C=O) groups excluding carboxylic acids is 2. The molecule has 0 bridgehead atoms. The van der Waals surface area contributed by atoms with E-state index in [1.165, 1.54) is 0 Å². The van der Waals surface area contributed by atoms with Crippen LogP contribution in [0.2, 0.25) is 0 Å². The third kappa shape index (κ3) is 4.58. The number of carboxylic acid groups (broad SMARTS) is 1. The van der Waals surface area contributed by atoms with Gasteiger partial charge in [0.1, 0.15) is 23.5 Å². The Labute approximate surface area is 131 Å². The summed E-state index contributed by atoms with van der Waals surface area (Å²) in [6, 6.07) is 1.65. The lowest BCUT2D eigenvalue weighted by Crippen LogP contribution is -2.47. The summed E-state index contributed by atoms with van der Waals surface area (Å²) >= 11 is 0. The van der Waals surface area contributed by atoms with Crippen molar-refractivity contribution in [2.24, 2.45) is 5.92 Å². The van der Waals surface area contributed by atoms with Crippen LogP contribution in [0, 0.1) is 17.6 Å². The maximum Gasteiger partial charge on any atom is 0.326 e. The Kier molecular flexibility index (Phi) is 5.41. The van der Waals surface area contributed by atoms with Crippen LogP contribution in [-0.2, 0) is 20.8 Å². The van der Waals surface area contributed by atoms with Gasteiger partial charge in [0.25, 0.3) is 0 Å². The van der Waals surface area contributed by atoms with Gasteiger partial charge in [0, 0.05) is 18.9 Å². The van der Waals surface area contributed by atoms with Crippen molar-refractivity contribution in [3.05, 3.63) is 35.4 Å². The lowest BCUT2D eigenvalue weighted by atomic mass is 9.83. The van der Waals surface area contributed by atoms with Gasteiger partial charge in [-0.2, -0.15) is 0 Å². The number of amides is 1. The summed E-state index contributed by atoms with van der Waals surface area (Å²) in [6.07, 6.45) is 1.28. The van der Waals surface area contributed by atoms with Crippen molar-refractivity contribution in [3.63, 3.8) is 0 Å². The third-order valence-corrected chi connectivity index (χ3v) is 3.94. The van der Waals surface area contributed by atoms with Crippen molar-refractivity contribution in [1.29, 1.82) is 0 Å². The standard InChI is InChI=1S/C16H17F2NO4/c17-11-5-4-9(13(18)8-11)7-14(21)19-15(16(22)23)10-2-1-3-12(20)6-10/h4-5,8,10,15H,1-3,6-7H2,(H,19,21)(H,22,23)/t10-,15+/m0/s1. The zero-order chi connectivity index (χ0) is 17.0. The number of rotatable bonds is 5. The quantitative estimate of drug-likeness (QED) is 0.865. The number of Topliss-reactive ketones (excluding diaryl/α,β-unsaturated/α-hetero) is 1. The van der Waals surface area contributed by atoms with E-state index in [1.54, 1.807) is 0 Å². The SMILES string of the molecule is O=C1CCC[C@H]([C@@H](NC(=O)Cc2ccc(F)cc2F)C(=O)O)C1. The minimum absolute atomic E-state index is 0.0206. The molecule has 1 aromatic rings. The van der Waals surface area contributed by atoms with Crippen LogP contribution in [0.3, 0.4) is 0 Å². The average molecular weight is 325 g/mol. The molecule has 23 heavy (non-hydrogen) atoms. The van der Waals surface area contributed by atoms with E-state index in [1.807, 2.05) is 0 Å². The number of hydrogen-bond donors (Lipinski definition) is 2. The van der Waals surface area contributed by atoms with E-state index in [9.17, 15) is 28.3 Å². The maximum absolute atomic E-state index is 13.5. The molecule has 124 valence electrons. The topological polar surface area (TPSA) is 83.5 Å². The summed E-state index contributed by atoms with van der Waals surface area (Å²) in [5.41, 5.74) is -0.0206. The normalized spacial score (nSPS) is 19.2. The Morgan fingerprint density at radius 2 is 2.09 bits per heavy atom. The van der Waals surface area contributed by atoms with Crippen LogP contribution < -0.4 is 5.32 Å². The van der Waals surface area contributed by atoms with E-state index in [0.717, 1.165) is 12.1 Å². The first-order chi connectivity index (χ1) is 10.9. The molecule has 7 heteroatoms. The molecule has 1 saturated carbocycles. The van der Waals surface area contributed by atoms with Crippen LogP contribution in [0.25, 0.3) is 0 Å². The first-order valence-electron chi connectivity index (χ1n) is 7.34. The van der Waals surface area contributed by atoms with E-state index >= 15 is 0 Å². The van der Waals surface area contributed by atoms with Crippen LogP contribution in [-0.4, -0.2) is 28.8 Å². The maximum atomic E-state index is 13.5. The molecule has 1 aromatic carbocycles. The highest BCUT2D eigenvalue weighted by atomic mass is 19.1. The first-order valence-corrected chi connectivity index (χ1v) is 7.34. The molecule has 0 saturated heterocycles. The Bertz CT molecular complexity index is 633. The van der Waals surface area contributed by atoms with E-state index in [0.29, 0.717) is 25.3 Å². The number of carbonyl (C=O) groups is 3. The summed E-state index contributed by atoms with van der Waals surface area (Å²) < 4.78 is 26.4. The van der Waals surface area contributed by atoms with Crippen molar-refractivity contribution in [1.82, 2.24) is 5.32 Å². The van der Waals surface area contributed by atoms with E-state index < -0.39 is 41.9 Å². The van der Waals surface area contributed by atoms with Crippen LogP contribution in [0.4, 0.5) is 8.78 Å². The number of carboxylic acids is 1. The van der Waals surface area contributed by atoms with Crippen molar-refractivity contribution in [2.75, 3.05) is 0 Å². The number of halogens is 2. The summed E-state index contributed by atoms with van der Waals surface area (Å²) in [5, 5.41) is 11.6. The summed E-state index contributed by atoms with van der Waals surface area (Å²) in [6.45, 7) is 0. The molecule has 0 heterocycles. The fraction of sp³-hybridized carbons (Fsp3) is 0.438. The minimum atomic E-state index is -1.22. The first kappa shape index (κ1) is 17.1. The number of aliphatic carboxylic acids is 1. The summed E-state index contributed by atoms with van der Waals surface area (Å²) in [5.74, 6) is -4.00. The zero-order valence-electron chi connectivity index (χ0n) is 12.4. The van der Waals surface area contributed by atoms with Gasteiger partial charge in [-0.15, -0.1) is 0 Å². The van der Waals surface area contributed by atoms with Gasteiger partial charge in [-0.25, -0.2) is 13.6 Å². The van der Waals surface area contributed by atoms with E-state index in [-0.39, 0.29) is 17.8 Å². The van der Waals surface area contributed by atoms with Gasteiger partial charge in [-0.3, -0.25) is 9.59 Å². The fourth-order valence-electron chi connectivity index (χ4n) is 2.79. The minimum Gasteiger partial charge on any atom is -0.480 e. The van der Waals surface area contributed by atoms with Crippen LogP contribution >= 0.6 is 0 Å². The molecule has 1 aliphatic carbocycles. The molecule has 0 unspecified atom stereocenters. The molecule has 1 amide bonds. The Balaban J connectivity index is 2.03. The summed E-state index contributed by atoms with van der Waals surface area (Å²) in [7, 11) is 0. The number of ketones is 1. The second kappa shape index (κ2) is 7.30. The molecule has 0 spiro atoms. The zero-order valence-corrected chi connectivity index (χ0v) is 12.4. The molecule has 1 fully saturated rings. The molecule has 0 aromatic heterocycles. The van der Waals surface area contributed by atoms with Crippen LogP contribution in [0.15, 0.2) is 18.2 Å². The molecule has 1 aliphatic rings. The molecule has 2 N–H and O–H groups in total. The average Bonchev–Trinajstić information content (AvgIpc) is 2.47. The third-order valence-electron chi connectivity index (χ3n) is 3.94. The Hall–Kier alpha value is -2.31. The Morgan fingerprint density at radius 1 is 1.35 bits per heavy atom. The smallest absolute Gasteiger partial charge is 0.326 e. The number of nitrogens with one attached hydrogen (secondary N) is 1. The lowest BCUT2D eigenvalue weighted by molar-refractivity contribution is -0.144. The van der Waals surface area contributed by atoms with Crippen molar-refractivity contribution >= 4 is 17.7 Å². The molecule has 2 atom stereocenters. The molecule has 2 rings (SSSR count). The molecule has 5 nitrogen and oxygen atoms in total. The van der Waals surface area contributed by atoms with Crippen molar-refractivity contribution < 1.29 is 28.3 Å². The molecular formula is C16H17F2NO4. The number of benzene rings is 1. The van der Waals surface area contributed by atoms with Gasteiger partial charge in [0.15, 0.2) is 0 Å². The Morgan fingerprint density at radius 3 is 2.70 bits per heavy atom. The lowest BCUT2D eigenvalue weighted by Gasteiger charge is -2.27. The second-order valence-electron chi connectivity index (χ2n) is 5.69. The highest BCUT2D eigenvalue weighted by Gasteiger charge is 2.33. The van der Waals surface area contributed by atoms with Crippen LogP contribution in [0.1, 0.15) is 31.2 Å². The van der Waals surface area contributed by atoms with Crippen molar-refractivity contribution in [2.45, 2.75) is 38.1 Å². The predicted molar refractivity (Wildman–Crippen MR) is 76.6 cm³/mol. The van der Waals surface area contributed by atoms with Gasteiger partial charge in [0.05, 0.1) is 6.42 Å². The van der Waals surface area contributed by atoms with Gasteiger partial charge in [0.2, 0.25) is 5.91 Å². The highest BCUT2D eigenvalue weighted by molar-refractivity contribution is 5.86. The van der Waals surface area contributed by atoms with Crippen LogP contribution in [0.5, 0.6) is 0 Å². The monoisotopic (exact) mass is 325 g/mol. The molecular weight excluding hydrogens is 308 g/mol. The number of hydrogen-bond acceptors (Lipinski definition) is 3. The highest BCUT2D eigenvalue weighted by Crippen LogP contribution is 2.24. The fourth-order valence-corrected chi connectivity index (χ4v) is 2.79. The van der Waals surface area contributed by atoms with Crippen molar-refractivity contribution in [3.8, 4) is 0 Å². The van der Waals surface area contributed by atoms with E-state index in [2.05, 4.69) is 5.32 Å². The van der Waals surface area contributed by atoms with Gasteiger partial charge in [-0.1, -0.05) is 6.07 Å². The van der Waals surface area contributed by atoms with Gasteiger partial charge in [-0.05, 0) is 30.4 Å². The summed E-state index contributed by atoms with van der Waals surface area (Å²) in [4.78, 5) is 34.8. The second-order valence-corrected chi connectivity index (χ2v) is 5.69. The predicted octanol–water partition coefficient (Wildman–Crippen LogP) is 1.84. The largest absolute Gasteiger partial charge is 0.480 e. The molecule has 0 radical (unpaired) electrons.